The Morgan fingerprint density at radius 3 is 2.69 bits per heavy atom. The predicted molar refractivity (Wildman–Crippen MR) is 112 cm³/mol. The average molecular weight is 393 g/mol. The van der Waals surface area contributed by atoms with E-state index in [0.29, 0.717) is 11.3 Å². The van der Waals surface area contributed by atoms with Crippen LogP contribution in [0.1, 0.15) is 23.0 Å². The minimum atomic E-state index is -1.23. The summed E-state index contributed by atoms with van der Waals surface area (Å²) in [5.74, 6) is 0.398. The maximum Gasteiger partial charge on any atom is 0.246 e. The molecular weight excluding hydrogens is 369 g/mol. The Hall–Kier alpha value is -3.41. The Labute approximate surface area is 170 Å². The molecule has 1 aromatic heterocycles. The number of nitrogens with zero attached hydrogens (tertiary/aromatic N) is 3. The zero-order chi connectivity index (χ0) is 20.8. The molecule has 1 atom stereocenters. The van der Waals surface area contributed by atoms with Crippen LogP contribution in [0.4, 0.5) is 4.39 Å². The van der Waals surface area contributed by atoms with Crippen LogP contribution in [0.2, 0.25) is 0 Å². The number of aryl methyl sites for hydroxylation is 1. The van der Waals surface area contributed by atoms with Gasteiger partial charge in [-0.1, -0.05) is 36.4 Å². The lowest BCUT2D eigenvalue weighted by molar-refractivity contribution is -0.125. The summed E-state index contributed by atoms with van der Waals surface area (Å²) in [7, 11) is 3.19. The van der Waals surface area contributed by atoms with Crippen molar-refractivity contribution in [3.8, 4) is 11.4 Å². The Morgan fingerprint density at radius 1 is 1.28 bits per heavy atom. The van der Waals surface area contributed by atoms with Crippen molar-refractivity contribution in [1.29, 1.82) is 0 Å². The fraction of sp³-hybridized carbons (Fsp3) is 0.217. The summed E-state index contributed by atoms with van der Waals surface area (Å²) in [6.07, 6.45) is 5.54. The van der Waals surface area contributed by atoms with Crippen molar-refractivity contribution < 1.29 is 13.9 Å². The van der Waals surface area contributed by atoms with Crippen molar-refractivity contribution in [1.82, 2.24) is 14.5 Å². The van der Waals surface area contributed by atoms with Gasteiger partial charge in [0.15, 0.2) is 0 Å². The number of rotatable bonds is 7. The average Bonchev–Trinajstić information content (AvgIpc) is 3.18. The summed E-state index contributed by atoms with van der Waals surface area (Å²) in [5, 5.41) is 0. The number of carbonyl (C=O) groups is 1. The van der Waals surface area contributed by atoms with Crippen LogP contribution in [-0.2, 0) is 4.79 Å². The Bertz CT molecular complexity index is 998. The highest BCUT2D eigenvalue weighted by atomic mass is 19.1. The Morgan fingerprint density at radius 2 is 2.03 bits per heavy atom. The van der Waals surface area contributed by atoms with E-state index < -0.39 is 6.17 Å². The molecule has 0 radical (unpaired) electrons. The van der Waals surface area contributed by atoms with Gasteiger partial charge in [0.05, 0.1) is 31.4 Å². The summed E-state index contributed by atoms with van der Waals surface area (Å²) < 4.78 is 21.7. The molecule has 5 nitrogen and oxygen atoms in total. The van der Waals surface area contributed by atoms with E-state index in [2.05, 4.69) is 4.98 Å². The van der Waals surface area contributed by atoms with E-state index in [1.807, 2.05) is 42.0 Å². The molecule has 1 heterocycles. The van der Waals surface area contributed by atoms with E-state index in [0.717, 1.165) is 16.9 Å². The number of ether oxygens (including phenoxy) is 1. The molecule has 150 valence electrons. The van der Waals surface area contributed by atoms with E-state index >= 15 is 0 Å². The molecule has 1 amide bonds. The molecule has 3 rings (SSSR count). The number of hydrogen-bond donors (Lipinski definition) is 0. The molecule has 0 saturated heterocycles. The molecule has 1 unspecified atom stereocenters. The highest BCUT2D eigenvalue weighted by Crippen LogP contribution is 2.25. The van der Waals surface area contributed by atoms with Crippen molar-refractivity contribution in [3.63, 3.8) is 0 Å². The van der Waals surface area contributed by atoms with Crippen LogP contribution in [0.15, 0.2) is 67.1 Å². The minimum Gasteiger partial charge on any atom is -0.495 e. The van der Waals surface area contributed by atoms with Crippen molar-refractivity contribution >= 4 is 12.0 Å². The van der Waals surface area contributed by atoms with Crippen molar-refractivity contribution in [3.05, 3.63) is 84.0 Å². The van der Waals surface area contributed by atoms with E-state index in [4.69, 9.17) is 4.74 Å². The zero-order valence-corrected chi connectivity index (χ0v) is 16.7. The first kappa shape index (κ1) is 20.3. The molecule has 0 fully saturated rings. The maximum absolute atomic E-state index is 14.4. The van der Waals surface area contributed by atoms with Gasteiger partial charge in [-0.15, -0.1) is 0 Å². The van der Waals surface area contributed by atoms with Crippen LogP contribution in [0.3, 0.4) is 0 Å². The number of halogens is 1. The summed E-state index contributed by atoms with van der Waals surface area (Å²) >= 11 is 0. The molecule has 0 aliphatic rings. The minimum absolute atomic E-state index is 0.00454. The van der Waals surface area contributed by atoms with Gasteiger partial charge >= 0.3 is 0 Å². The topological polar surface area (TPSA) is 47.4 Å². The van der Waals surface area contributed by atoms with Crippen LogP contribution < -0.4 is 4.74 Å². The lowest BCUT2D eigenvalue weighted by atomic mass is 10.1. The third-order valence-electron chi connectivity index (χ3n) is 4.58. The summed E-state index contributed by atoms with van der Waals surface area (Å²) in [5.41, 5.74) is 3.14. The molecule has 29 heavy (non-hydrogen) atoms. The first-order valence-corrected chi connectivity index (χ1v) is 9.29. The van der Waals surface area contributed by atoms with Gasteiger partial charge in [0.25, 0.3) is 0 Å². The number of alkyl halides is 1. The van der Waals surface area contributed by atoms with E-state index in [1.165, 1.54) is 11.0 Å². The summed E-state index contributed by atoms with van der Waals surface area (Å²) in [6, 6.07) is 14.5. The monoisotopic (exact) mass is 393 g/mol. The van der Waals surface area contributed by atoms with Gasteiger partial charge in [0.1, 0.15) is 11.9 Å². The molecule has 2 aromatic carbocycles. The first-order chi connectivity index (χ1) is 14.0. The molecule has 0 spiro atoms. The third-order valence-corrected chi connectivity index (χ3v) is 4.58. The lowest BCUT2D eigenvalue weighted by Crippen LogP contribution is -2.28. The van der Waals surface area contributed by atoms with Gasteiger partial charge in [-0.25, -0.2) is 9.37 Å². The van der Waals surface area contributed by atoms with Crippen LogP contribution in [-0.4, -0.2) is 41.1 Å². The molecule has 0 bridgehead atoms. The van der Waals surface area contributed by atoms with E-state index in [9.17, 15) is 9.18 Å². The van der Waals surface area contributed by atoms with Gasteiger partial charge in [0.2, 0.25) is 5.91 Å². The highest BCUT2D eigenvalue weighted by Gasteiger charge is 2.15. The van der Waals surface area contributed by atoms with Crippen molar-refractivity contribution in [2.75, 3.05) is 20.7 Å². The molecule has 0 N–H and O–H groups in total. The molecule has 0 aliphatic heterocycles. The van der Waals surface area contributed by atoms with Crippen LogP contribution in [0.25, 0.3) is 11.8 Å². The standard InChI is InChI=1S/C23H24FN3O2/c1-17-14-27(16-25-17)21-11-9-18(13-22(21)29-3)10-12-23(28)26(2)15-20(24)19-7-5-4-6-8-19/h4-14,16,20H,15H2,1-3H3/b12-10+. The SMILES string of the molecule is COc1cc(/C=C/C(=O)N(C)CC(F)c2ccccc2)ccc1-n1cnc(C)c1. The largest absolute Gasteiger partial charge is 0.495 e. The number of methoxy groups -OCH3 is 1. The zero-order valence-electron chi connectivity index (χ0n) is 16.7. The van der Waals surface area contributed by atoms with Gasteiger partial charge < -0.3 is 14.2 Å². The third kappa shape index (κ3) is 5.10. The Kier molecular flexibility index (Phi) is 6.44. The number of aromatic nitrogens is 2. The molecule has 0 aliphatic carbocycles. The second kappa shape index (κ2) is 9.19. The summed E-state index contributed by atoms with van der Waals surface area (Å²) in [6.45, 7) is 1.91. The highest BCUT2D eigenvalue weighted by molar-refractivity contribution is 5.91. The second-order valence-corrected chi connectivity index (χ2v) is 6.78. The summed E-state index contributed by atoms with van der Waals surface area (Å²) in [4.78, 5) is 18.0. The van der Waals surface area contributed by atoms with Crippen molar-refractivity contribution in [2.45, 2.75) is 13.1 Å². The molecule has 3 aromatic rings. The van der Waals surface area contributed by atoms with Crippen molar-refractivity contribution in [2.24, 2.45) is 0 Å². The maximum atomic E-state index is 14.4. The van der Waals surface area contributed by atoms with Gasteiger partial charge in [-0.3, -0.25) is 4.79 Å². The number of imidazole rings is 1. The number of likely N-dealkylation sites (N-methyl/N-ethyl adjacent to an activating group) is 1. The fourth-order valence-corrected chi connectivity index (χ4v) is 2.96. The van der Waals surface area contributed by atoms with Gasteiger partial charge in [-0.2, -0.15) is 0 Å². The number of hydrogen-bond acceptors (Lipinski definition) is 3. The van der Waals surface area contributed by atoms with Crippen LogP contribution >= 0.6 is 0 Å². The predicted octanol–water partition coefficient (Wildman–Crippen LogP) is 4.37. The molecule has 6 heteroatoms. The van der Waals surface area contributed by atoms with Gasteiger partial charge in [0, 0.05) is 19.3 Å². The second-order valence-electron chi connectivity index (χ2n) is 6.78. The smallest absolute Gasteiger partial charge is 0.246 e. The molecular formula is C23H24FN3O2. The van der Waals surface area contributed by atoms with E-state index in [-0.39, 0.29) is 12.5 Å². The van der Waals surface area contributed by atoms with Crippen LogP contribution in [0, 0.1) is 6.92 Å². The number of carbonyl (C=O) groups excluding carboxylic acids is 1. The Balaban J connectivity index is 1.67. The number of benzene rings is 2. The lowest BCUT2D eigenvalue weighted by Gasteiger charge is -2.18. The van der Waals surface area contributed by atoms with E-state index in [1.54, 1.807) is 50.8 Å². The van der Waals surface area contributed by atoms with Crippen LogP contribution in [0.5, 0.6) is 5.75 Å². The number of amides is 1. The molecule has 0 saturated carbocycles. The van der Waals surface area contributed by atoms with Gasteiger partial charge in [-0.05, 0) is 36.3 Å². The first-order valence-electron chi connectivity index (χ1n) is 9.29. The fourth-order valence-electron chi connectivity index (χ4n) is 2.96. The quantitative estimate of drug-likeness (QED) is 0.560. The normalized spacial score (nSPS) is 12.1.